The second kappa shape index (κ2) is 8.16. The molecule has 4 rings (SSSR count). The molecule has 0 radical (unpaired) electrons. The predicted molar refractivity (Wildman–Crippen MR) is 113 cm³/mol. The third-order valence-electron chi connectivity index (χ3n) is 6.65. The van der Waals surface area contributed by atoms with Gasteiger partial charge in [-0.05, 0) is 76.2 Å². The summed E-state index contributed by atoms with van der Waals surface area (Å²) in [5.74, 6) is 0.654. The monoisotopic (exact) mass is 383 g/mol. The van der Waals surface area contributed by atoms with Crippen LogP contribution in [0.5, 0.6) is 0 Å². The van der Waals surface area contributed by atoms with Crippen molar-refractivity contribution in [1.29, 1.82) is 0 Å². The number of piperidine rings is 2. The minimum atomic E-state index is -0.147. The Morgan fingerprint density at radius 1 is 1.11 bits per heavy atom. The molecule has 1 amide bonds. The molecule has 28 heavy (non-hydrogen) atoms. The highest BCUT2D eigenvalue weighted by Crippen LogP contribution is 2.35. The molecule has 2 saturated heterocycles. The van der Waals surface area contributed by atoms with Crippen molar-refractivity contribution >= 4 is 17.0 Å². The molecule has 0 bridgehead atoms. The number of aromatic nitrogens is 1. The van der Waals surface area contributed by atoms with Crippen molar-refractivity contribution in [3.8, 4) is 0 Å². The minimum Gasteiger partial charge on any atom is -0.450 e. The summed E-state index contributed by atoms with van der Waals surface area (Å²) < 4.78 is 7.42. The first-order chi connectivity index (χ1) is 13.6. The molecule has 0 N–H and O–H groups in total. The summed E-state index contributed by atoms with van der Waals surface area (Å²) in [6.07, 6.45) is 6.79. The second-order valence-corrected chi connectivity index (χ2v) is 8.44. The summed E-state index contributed by atoms with van der Waals surface area (Å²) in [4.78, 5) is 16.4. The maximum atomic E-state index is 11.9. The molecule has 152 valence electrons. The zero-order chi connectivity index (χ0) is 19.7. The third kappa shape index (κ3) is 3.77. The molecule has 2 aliphatic rings. The number of ether oxygens (including phenoxy) is 1. The maximum absolute atomic E-state index is 11.9. The second-order valence-electron chi connectivity index (χ2n) is 8.44. The Morgan fingerprint density at radius 3 is 2.50 bits per heavy atom. The molecular formula is C23H33N3O2. The molecule has 2 aromatic rings. The van der Waals surface area contributed by atoms with Gasteiger partial charge in [0.05, 0.1) is 6.61 Å². The quantitative estimate of drug-likeness (QED) is 0.794. The molecule has 1 aromatic carbocycles. The number of hydrogen-bond donors (Lipinski definition) is 0. The number of benzene rings is 1. The van der Waals surface area contributed by atoms with Gasteiger partial charge in [-0.2, -0.15) is 0 Å². The third-order valence-corrected chi connectivity index (χ3v) is 6.65. The largest absolute Gasteiger partial charge is 0.450 e. The highest BCUT2D eigenvalue weighted by atomic mass is 16.6. The average Bonchev–Trinajstić information content (AvgIpc) is 3.04. The molecular weight excluding hydrogens is 350 g/mol. The standard InChI is InChI=1S/C23H33N3O2/c1-4-28-23(27)26-13-9-19(10-14-26)25-11-7-18(8-12-25)21-16-24(3)22-6-5-17(2)15-20(21)22/h5-6,15-16,18-19H,4,7-14H2,1-3H3. The van der Waals surface area contributed by atoms with Crippen LogP contribution in [0.1, 0.15) is 49.7 Å². The van der Waals surface area contributed by atoms with Crippen LogP contribution in [0.15, 0.2) is 24.4 Å². The van der Waals surface area contributed by atoms with Gasteiger partial charge in [-0.1, -0.05) is 11.6 Å². The fourth-order valence-electron chi connectivity index (χ4n) is 5.07. The van der Waals surface area contributed by atoms with Crippen LogP contribution >= 0.6 is 0 Å². The van der Waals surface area contributed by atoms with E-state index in [1.807, 2.05) is 11.8 Å². The summed E-state index contributed by atoms with van der Waals surface area (Å²) in [6, 6.07) is 7.42. The van der Waals surface area contributed by atoms with Gasteiger partial charge in [0.2, 0.25) is 0 Å². The van der Waals surface area contributed by atoms with Crippen molar-refractivity contribution in [2.45, 2.75) is 51.5 Å². The number of nitrogens with zero attached hydrogens (tertiary/aromatic N) is 3. The van der Waals surface area contributed by atoms with E-state index >= 15 is 0 Å². The van der Waals surface area contributed by atoms with Crippen LogP contribution in [-0.2, 0) is 11.8 Å². The van der Waals surface area contributed by atoms with Gasteiger partial charge in [0.1, 0.15) is 0 Å². The molecule has 0 saturated carbocycles. The Kier molecular flexibility index (Phi) is 5.63. The molecule has 0 unspecified atom stereocenters. The van der Waals surface area contributed by atoms with E-state index < -0.39 is 0 Å². The van der Waals surface area contributed by atoms with Gasteiger partial charge in [-0.25, -0.2) is 4.79 Å². The van der Waals surface area contributed by atoms with Crippen LogP contribution < -0.4 is 0 Å². The van der Waals surface area contributed by atoms with Crippen LogP contribution in [0.2, 0.25) is 0 Å². The molecule has 5 heteroatoms. The van der Waals surface area contributed by atoms with Gasteiger partial charge in [-0.3, -0.25) is 0 Å². The first kappa shape index (κ1) is 19.3. The van der Waals surface area contributed by atoms with Crippen molar-refractivity contribution < 1.29 is 9.53 Å². The topological polar surface area (TPSA) is 37.7 Å². The Hall–Kier alpha value is -2.01. The lowest BCUT2D eigenvalue weighted by Gasteiger charge is -2.41. The molecule has 0 atom stereocenters. The van der Waals surface area contributed by atoms with E-state index in [2.05, 4.69) is 47.8 Å². The Balaban J connectivity index is 1.36. The number of carbonyl (C=O) groups is 1. The predicted octanol–water partition coefficient (Wildman–Crippen LogP) is 4.29. The zero-order valence-electron chi connectivity index (χ0n) is 17.5. The van der Waals surface area contributed by atoms with E-state index in [-0.39, 0.29) is 6.09 Å². The first-order valence-corrected chi connectivity index (χ1v) is 10.8. The normalized spacial score (nSPS) is 20.0. The Morgan fingerprint density at radius 2 is 1.82 bits per heavy atom. The van der Waals surface area contributed by atoms with Crippen LogP contribution in [0, 0.1) is 6.92 Å². The van der Waals surface area contributed by atoms with Gasteiger partial charge >= 0.3 is 6.09 Å². The molecule has 2 aliphatic heterocycles. The van der Waals surface area contributed by atoms with Gasteiger partial charge in [0, 0.05) is 43.3 Å². The smallest absolute Gasteiger partial charge is 0.409 e. The van der Waals surface area contributed by atoms with Crippen LogP contribution in [0.25, 0.3) is 10.9 Å². The van der Waals surface area contributed by atoms with Crippen molar-refractivity contribution in [2.24, 2.45) is 7.05 Å². The zero-order valence-corrected chi connectivity index (χ0v) is 17.5. The molecule has 3 heterocycles. The van der Waals surface area contributed by atoms with E-state index in [0.717, 1.165) is 39.0 Å². The molecule has 5 nitrogen and oxygen atoms in total. The maximum Gasteiger partial charge on any atom is 0.409 e. The van der Waals surface area contributed by atoms with Crippen molar-refractivity contribution in [3.05, 3.63) is 35.5 Å². The Bertz CT molecular complexity index is 828. The molecule has 0 aliphatic carbocycles. The fourth-order valence-corrected chi connectivity index (χ4v) is 5.07. The number of carbonyl (C=O) groups excluding carboxylic acids is 1. The van der Waals surface area contributed by atoms with E-state index in [9.17, 15) is 4.79 Å². The van der Waals surface area contributed by atoms with Gasteiger partial charge < -0.3 is 19.1 Å². The minimum absolute atomic E-state index is 0.147. The lowest BCUT2D eigenvalue weighted by atomic mass is 9.87. The number of rotatable bonds is 3. The lowest BCUT2D eigenvalue weighted by molar-refractivity contribution is 0.0663. The van der Waals surface area contributed by atoms with E-state index in [0.29, 0.717) is 18.6 Å². The number of likely N-dealkylation sites (tertiary alicyclic amines) is 2. The van der Waals surface area contributed by atoms with E-state index in [1.165, 1.54) is 34.9 Å². The highest BCUT2D eigenvalue weighted by Gasteiger charge is 2.31. The van der Waals surface area contributed by atoms with Gasteiger partial charge in [0.15, 0.2) is 0 Å². The summed E-state index contributed by atoms with van der Waals surface area (Å²) in [5, 5.41) is 1.43. The first-order valence-electron chi connectivity index (χ1n) is 10.8. The summed E-state index contributed by atoms with van der Waals surface area (Å²) in [6.45, 7) is 8.49. The molecule has 2 fully saturated rings. The van der Waals surface area contributed by atoms with Gasteiger partial charge in [0.25, 0.3) is 0 Å². The van der Waals surface area contributed by atoms with Crippen LogP contribution in [0.3, 0.4) is 0 Å². The molecule has 1 aromatic heterocycles. The average molecular weight is 384 g/mol. The number of hydrogen-bond acceptors (Lipinski definition) is 3. The number of fused-ring (bicyclic) bond motifs is 1. The summed E-state index contributed by atoms with van der Waals surface area (Å²) in [5.41, 5.74) is 4.21. The number of amides is 1. The number of aryl methyl sites for hydroxylation is 2. The van der Waals surface area contributed by atoms with Crippen LogP contribution in [-0.4, -0.2) is 59.3 Å². The van der Waals surface area contributed by atoms with E-state index in [4.69, 9.17) is 4.74 Å². The van der Waals surface area contributed by atoms with Gasteiger partial charge in [-0.15, -0.1) is 0 Å². The van der Waals surface area contributed by atoms with Crippen molar-refractivity contribution in [3.63, 3.8) is 0 Å². The van der Waals surface area contributed by atoms with E-state index in [1.54, 1.807) is 0 Å². The Labute approximate surface area is 168 Å². The summed E-state index contributed by atoms with van der Waals surface area (Å²) in [7, 11) is 2.16. The van der Waals surface area contributed by atoms with Crippen LogP contribution in [0.4, 0.5) is 4.79 Å². The highest BCUT2D eigenvalue weighted by molar-refractivity contribution is 5.85. The van der Waals surface area contributed by atoms with Crippen molar-refractivity contribution in [1.82, 2.24) is 14.4 Å². The SMILES string of the molecule is CCOC(=O)N1CCC(N2CCC(c3cn(C)c4ccc(C)cc34)CC2)CC1. The molecule has 0 spiro atoms. The fraction of sp³-hybridized carbons (Fsp3) is 0.609. The summed E-state index contributed by atoms with van der Waals surface area (Å²) >= 11 is 0. The lowest BCUT2D eigenvalue weighted by Crippen LogP contribution is -2.48. The van der Waals surface area contributed by atoms with Crippen molar-refractivity contribution in [2.75, 3.05) is 32.8 Å².